The number of nitrogens with one attached hydrogen (secondary N) is 1. The number of ether oxygens (including phenoxy) is 1. The van der Waals surface area contributed by atoms with Crippen LogP contribution in [0.4, 0.5) is 0 Å². The van der Waals surface area contributed by atoms with Gasteiger partial charge >= 0.3 is 0 Å². The third kappa shape index (κ3) is 14.1. The smallest absolute Gasteiger partial charge is 0.220 e. The number of carbonyl (C=O) groups is 2. The molecule has 0 saturated carbocycles. The van der Waals surface area contributed by atoms with Crippen molar-refractivity contribution in [2.24, 2.45) is 0 Å². The van der Waals surface area contributed by atoms with E-state index in [4.69, 9.17) is 4.74 Å². The molecule has 172 valence electrons. The van der Waals surface area contributed by atoms with Gasteiger partial charge in [0, 0.05) is 19.4 Å². The van der Waals surface area contributed by atoms with E-state index in [0.717, 1.165) is 30.6 Å². The number of amides is 1. The molecule has 1 atom stereocenters. The number of carbonyl (C=O) groups excluding carboxylic acids is 2. The highest BCUT2D eigenvalue weighted by Crippen LogP contribution is 2.17. The lowest BCUT2D eigenvalue weighted by Crippen LogP contribution is -2.28. The van der Waals surface area contributed by atoms with Crippen molar-refractivity contribution < 1.29 is 19.4 Å². The van der Waals surface area contributed by atoms with Crippen LogP contribution in [-0.4, -0.2) is 55.5 Å². The van der Waals surface area contributed by atoms with Gasteiger partial charge in [-0.25, -0.2) is 0 Å². The lowest BCUT2D eigenvalue weighted by atomic mass is 10.1. The van der Waals surface area contributed by atoms with Crippen LogP contribution in [0.5, 0.6) is 5.75 Å². The van der Waals surface area contributed by atoms with Crippen LogP contribution in [0, 0.1) is 0 Å². The van der Waals surface area contributed by atoms with Crippen molar-refractivity contribution in [3.05, 3.63) is 29.8 Å². The first-order valence-corrected chi connectivity index (χ1v) is 11.2. The molecule has 1 heterocycles. The molecule has 1 saturated heterocycles. The molecule has 0 bridgehead atoms. The first-order valence-electron chi connectivity index (χ1n) is 11.2. The van der Waals surface area contributed by atoms with Crippen molar-refractivity contribution in [3.8, 4) is 5.75 Å². The molecule has 0 radical (unpaired) electrons. The van der Waals surface area contributed by atoms with Gasteiger partial charge in [-0.1, -0.05) is 32.4 Å². The van der Waals surface area contributed by atoms with Gasteiger partial charge in [0.2, 0.25) is 5.91 Å². The molecule has 1 aromatic carbocycles. The first kappa shape index (κ1) is 28.1. The average molecular weight is 423 g/mol. The van der Waals surface area contributed by atoms with E-state index < -0.39 is 6.10 Å². The van der Waals surface area contributed by atoms with Crippen LogP contribution in [0.15, 0.2) is 24.3 Å². The number of benzene rings is 1. The molecule has 2 rings (SSSR count). The number of ketones is 1. The van der Waals surface area contributed by atoms with Gasteiger partial charge in [-0.2, -0.15) is 0 Å². The van der Waals surface area contributed by atoms with Crippen LogP contribution in [0.25, 0.3) is 0 Å². The molecule has 1 fully saturated rings. The number of hydrogen-bond donors (Lipinski definition) is 2. The second kappa shape index (κ2) is 17.9. The largest absolute Gasteiger partial charge is 0.497 e. The first-order chi connectivity index (χ1) is 14.4. The highest BCUT2D eigenvalue weighted by Gasteiger charge is 2.09. The van der Waals surface area contributed by atoms with Gasteiger partial charge < -0.3 is 24.9 Å². The molecule has 1 amide bonds. The Morgan fingerprint density at radius 2 is 1.63 bits per heavy atom. The quantitative estimate of drug-likeness (QED) is 0.555. The minimum absolute atomic E-state index is 0.0737. The summed E-state index contributed by atoms with van der Waals surface area (Å²) in [5, 5.41) is 12.7. The number of hydrogen-bond acceptors (Lipinski definition) is 5. The fourth-order valence-electron chi connectivity index (χ4n) is 2.95. The molecule has 6 nitrogen and oxygen atoms in total. The predicted octanol–water partition coefficient (Wildman–Crippen LogP) is 4.12. The Morgan fingerprint density at radius 1 is 1.07 bits per heavy atom. The van der Waals surface area contributed by atoms with Crippen LogP contribution in [0.1, 0.15) is 77.4 Å². The lowest BCUT2D eigenvalue weighted by Gasteiger charge is -2.12. The van der Waals surface area contributed by atoms with E-state index in [0.29, 0.717) is 12.8 Å². The number of methoxy groups -OCH3 is 1. The van der Waals surface area contributed by atoms with Crippen LogP contribution >= 0.6 is 0 Å². The van der Waals surface area contributed by atoms with Crippen molar-refractivity contribution >= 4 is 11.7 Å². The summed E-state index contributed by atoms with van der Waals surface area (Å²) in [5.74, 6) is 0.841. The summed E-state index contributed by atoms with van der Waals surface area (Å²) in [7, 11) is 3.76. The van der Waals surface area contributed by atoms with E-state index in [1.165, 1.54) is 25.9 Å². The van der Waals surface area contributed by atoms with Crippen molar-refractivity contribution in [1.82, 2.24) is 10.2 Å². The van der Waals surface area contributed by atoms with E-state index >= 15 is 0 Å². The number of likely N-dealkylation sites (tertiary alicyclic amines) is 1. The van der Waals surface area contributed by atoms with Gasteiger partial charge in [0.25, 0.3) is 0 Å². The third-order valence-electron chi connectivity index (χ3n) is 4.76. The van der Waals surface area contributed by atoms with Gasteiger partial charge in [0.15, 0.2) is 0 Å². The minimum atomic E-state index is -0.729. The molecular weight excluding hydrogens is 380 g/mol. The summed E-state index contributed by atoms with van der Waals surface area (Å²) in [6.07, 6.45) is 5.56. The van der Waals surface area contributed by atoms with Gasteiger partial charge in [-0.05, 0) is 70.4 Å². The topological polar surface area (TPSA) is 78.9 Å². The van der Waals surface area contributed by atoms with Crippen LogP contribution < -0.4 is 10.1 Å². The average Bonchev–Trinajstić information content (AvgIpc) is 3.24. The highest BCUT2D eigenvalue weighted by molar-refractivity contribution is 5.76. The molecule has 1 aliphatic rings. The molecule has 1 unspecified atom stereocenters. The fourth-order valence-corrected chi connectivity index (χ4v) is 2.95. The molecule has 6 heteroatoms. The Labute approximate surface area is 183 Å². The number of Topliss-reactive ketones (excluding diaryl/α,β-unsaturated/α-hetero) is 1. The van der Waals surface area contributed by atoms with Crippen LogP contribution in [0.3, 0.4) is 0 Å². The number of nitrogens with zero attached hydrogens (tertiary/aromatic N) is 1. The lowest BCUT2D eigenvalue weighted by molar-refractivity contribution is -0.121. The summed E-state index contributed by atoms with van der Waals surface area (Å²) in [4.78, 5) is 24.8. The minimum Gasteiger partial charge on any atom is -0.497 e. The van der Waals surface area contributed by atoms with Crippen molar-refractivity contribution in [3.63, 3.8) is 0 Å². The zero-order chi connectivity index (χ0) is 22.8. The summed E-state index contributed by atoms with van der Waals surface area (Å²) in [5.41, 5.74) is 0.738. The Bertz CT molecular complexity index is 569. The third-order valence-corrected chi connectivity index (χ3v) is 4.76. The van der Waals surface area contributed by atoms with Gasteiger partial charge in [0.05, 0.1) is 13.2 Å². The normalized spacial score (nSPS) is 13.9. The summed E-state index contributed by atoms with van der Waals surface area (Å²) < 4.78 is 5.05. The van der Waals surface area contributed by atoms with E-state index in [9.17, 15) is 14.7 Å². The maximum atomic E-state index is 11.7. The number of rotatable bonds is 10. The molecule has 2 N–H and O–H groups in total. The van der Waals surface area contributed by atoms with Crippen molar-refractivity contribution in [1.29, 1.82) is 0 Å². The standard InChI is InChI=1S/C17H25NO4.C5H11N.C2H6/c1-13(19)6-4-3-5-7-17(21)18-12-16(20)14-8-10-15(22-2)11-9-14;1-6-4-2-3-5-6;1-2/h8-11,16,20H,3-7,12H2,1-2H3,(H,18,21);2-5H2,1H3;1-2H3. The summed E-state index contributed by atoms with van der Waals surface area (Å²) in [6.45, 7) is 8.41. The number of unbranched alkanes of at least 4 members (excludes halogenated alkanes) is 2. The second-order valence-electron chi connectivity index (χ2n) is 7.37. The van der Waals surface area contributed by atoms with Gasteiger partial charge in [-0.15, -0.1) is 0 Å². The van der Waals surface area contributed by atoms with E-state index in [-0.39, 0.29) is 18.2 Å². The molecule has 0 aromatic heterocycles. The molecule has 0 aliphatic carbocycles. The number of aliphatic hydroxyl groups is 1. The molecule has 1 aliphatic heterocycles. The summed E-state index contributed by atoms with van der Waals surface area (Å²) in [6, 6.07) is 7.10. The van der Waals surface area contributed by atoms with Crippen LogP contribution in [0.2, 0.25) is 0 Å². The molecule has 30 heavy (non-hydrogen) atoms. The maximum absolute atomic E-state index is 11.7. The van der Waals surface area contributed by atoms with Gasteiger partial charge in [0.1, 0.15) is 11.5 Å². The van der Waals surface area contributed by atoms with Crippen molar-refractivity contribution in [2.75, 3.05) is 33.8 Å². The van der Waals surface area contributed by atoms with Crippen molar-refractivity contribution in [2.45, 2.75) is 71.8 Å². The van der Waals surface area contributed by atoms with Crippen LogP contribution in [-0.2, 0) is 9.59 Å². The maximum Gasteiger partial charge on any atom is 0.220 e. The molecular formula is C24H42N2O4. The molecule has 0 spiro atoms. The Hall–Kier alpha value is -1.92. The Morgan fingerprint density at radius 3 is 2.10 bits per heavy atom. The zero-order valence-electron chi connectivity index (χ0n) is 19.6. The van der Waals surface area contributed by atoms with E-state index in [2.05, 4.69) is 17.3 Å². The summed E-state index contributed by atoms with van der Waals surface area (Å²) >= 11 is 0. The van der Waals surface area contributed by atoms with Gasteiger partial charge in [-0.3, -0.25) is 4.79 Å². The highest BCUT2D eigenvalue weighted by atomic mass is 16.5. The number of aliphatic hydroxyl groups excluding tert-OH is 1. The fraction of sp³-hybridized carbons (Fsp3) is 0.667. The Balaban J connectivity index is 0.000000880. The van der Waals surface area contributed by atoms with E-state index in [1.54, 1.807) is 38.3 Å². The SMILES string of the molecule is CC.CN1CCCC1.COc1ccc(C(O)CNC(=O)CCCCCC(C)=O)cc1. The second-order valence-corrected chi connectivity index (χ2v) is 7.37. The zero-order valence-corrected chi connectivity index (χ0v) is 19.6. The Kier molecular flexibility index (Phi) is 16.8. The predicted molar refractivity (Wildman–Crippen MR) is 123 cm³/mol. The van der Waals surface area contributed by atoms with E-state index in [1.807, 2.05) is 13.8 Å². The monoisotopic (exact) mass is 422 g/mol. The molecule has 1 aromatic rings.